The first-order valence-electron chi connectivity index (χ1n) is 8.16. The lowest BCUT2D eigenvalue weighted by atomic mass is 9.87. The average molecular weight is 362 g/mol. The van der Waals surface area contributed by atoms with E-state index in [4.69, 9.17) is 14.2 Å². The van der Waals surface area contributed by atoms with E-state index in [1.54, 1.807) is 13.0 Å². The molecule has 2 heterocycles. The molecule has 2 aliphatic heterocycles. The van der Waals surface area contributed by atoms with Crippen molar-refractivity contribution in [3.8, 4) is 0 Å². The summed E-state index contributed by atoms with van der Waals surface area (Å²) in [6.07, 6.45) is -4.56. The molecule has 0 amide bonds. The van der Waals surface area contributed by atoms with Gasteiger partial charge >= 0.3 is 0 Å². The van der Waals surface area contributed by atoms with Gasteiger partial charge in [0.2, 0.25) is 6.29 Å². The molecule has 0 aromatic rings. The van der Waals surface area contributed by atoms with Crippen molar-refractivity contribution in [3.05, 3.63) is 23.5 Å². The van der Waals surface area contributed by atoms with Crippen LogP contribution in [0, 0.1) is 5.92 Å². The zero-order valence-corrected chi connectivity index (χ0v) is 13.9. The maximum Gasteiger partial charge on any atom is 0.224 e. The Morgan fingerprint density at radius 2 is 1.84 bits per heavy atom. The SMILES string of the molecule is C/C=C1\[C@H](O[C@@H]2O[C@H](CO)[C@@H](O)[C@H](O)[C@H]2O)OC=C(CO)[C@H]1CCO. The van der Waals surface area contributed by atoms with E-state index in [2.05, 4.69) is 0 Å². The minimum Gasteiger partial charge on any atom is -0.468 e. The average Bonchev–Trinajstić information content (AvgIpc) is 2.62. The van der Waals surface area contributed by atoms with Gasteiger partial charge < -0.3 is 44.8 Å². The Labute approximate surface area is 145 Å². The van der Waals surface area contributed by atoms with Crippen LogP contribution in [0.1, 0.15) is 13.3 Å². The molecule has 0 aromatic heterocycles. The van der Waals surface area contributed by atoms with Crippen LogP contribution >= 0.6 is 0 Å². The van der Waals surface area contributed by atoms with Gasteiger partial charge in [-0.3, -0.25) is 0 Å². The molecular weight excluding hydrogens is 336 g/mol. The molecule has 0 unspecified atom stereocenters. The van der Waals surface area contributed by atoms with Crippen LogP contribution in [-0.2, 0) is 14.2 Å². The Hall–Kier alpha value is -1.04. The second-order valence-corrected chi connectivity index (χ2v) is 6.01. The molecule has 7 atom stereocenters. The molecule has 2 rings (SSSR count). The summed E-state index contributed by atoms with van der Waals surface area (Å²) in [7, 11) is 0. The second-order valence-electron chi connectivity index (χ2n) is 6.01. The van der Waals surface area contributed by atoms with E-state index in [9.17, 15) is 30.6 Å². The quantitative estimate of drug-likeness (QED) is 0.294. The van der Waals surface area contributed by atoms with E-state index in [1.807, 2.05) is 0 Å². The zero-order chi connectivity index (χ0) is 18.6. The molecule has 2 aliphatic rings. The fraction of sp³-hybridized carbons (Fsp3) is 0.750. The summed E-state index contributed by atoms with van der Waals surface area (Å²) in [5, 5.41) is 57.6. The van der Waals surface area contributed by atoms with Gasteiger partial charge in [-0.1, -0.05) is 6.08 Å². The van der Waals surface area contributed by atoms with Crippen LogP contribution in [0.2, 0.25) is 0 Å². The maximum atomic E-state index is 10.1. The van der Waals surface area contributed by atoms with Crippen molar-refractivity contribution in [3.63, 3.8) is 0 Å². The third kappa shape index (κ3) is 4.21. The summed E-state index contributed by atoms with van der Waals surface area (Å²) < 4.78 is 16.4. The second kappa shape index (κ2) is 9.06. The van der Waals surface area contributed by atoms with Crippen LogP contribution in [0.3, 0.4) is 0 Å². The Kier molecular flexibility index (Phi) is 7.35. The first kappa shape index (κ1) is 20.3. The molecule has 0 saturated carbocycles. The van der Waals surface area contributed by atoms with Gasteiger partial charge in [0.05, 0.1) is 19.5 Å². The molecule has 9 heteroatoms. The Balaban J connectivity index is 2.16. The molecule has 0 bridgehead atoms. The number of allylic oxidation sites excluding steroid dienone is 1. The lowest BCUT2D eigenvalue weighted by Gasteiger charge is -2.42. The predicted molar refractivity (Wildman–Crippen MR) is 83.8 cm³/mol. The molecule has 144 valence electrons. The van der Waals surface area contributed by atoms with Gasteiger partial charge in [0.15, 0.2) is 6.29 Å². The lowest BCUT2D eigenvalue weighted by Crippen LogP contribution is -2.60. The molecule has 25 heavy (non-hydrogen) atoms. The summed E-state index contributed by atoms with van der Waals surface area (Å²) in [5.41, 5.74) is 1.20. The Morgan fingerprint density at radius 3 is 2.40 bits per heavy atom. The van der Waals surface area contributed by atoms with Crippen LogP contribution in [0.25, 0.3) is 0 Å². The molecule has 6 N–H and O–H groups in total. The van der Waals surface area contributed by atoms with Crippen LogP contribution in [0.5, 0.6) is 0 Å². The first-order valence-corrected chi connectivity index (χ1v) is 8.16. The van der Waals surface area contributed by atoms with Crippen molar-refractivity contribution in [2.45, 2.75) is 50.3 Å². The Bertz CT molecular complexity index is 490. The minimum absolute atomic E-state index is 0.105. The first-order chi connectivity index (χ1) is 12.0. The fourth-order valence-electron chi connectivity index (χ4n) is 3.07. The number of aliphatic hydroxyl groups is 6. The van der Waals surface area contributed by atoms with E-state index in [0.717, 1.165) is 0 Å². The van der Waals surface area contributed by atoms with Crippen LogP contribution in [0.15, 0.2) is 23.5 Å². The maximum absolute atomic E-state index is 10.1. The molecule has 0 spiro atoms. The highest BCUT2D eigenvalue weighted by Crippen LogP contribution is 2.34. The topological polar surface area (TPSA) is 149 Å². The fourth-order valence-corrected chi connectivity index (χ4v) is 3.07. The van der Waals surface area contributed by atoms with Gasteiger partial charge in [0, 0.05) is 18.1 Å². The zero-order valence-electron chi connectivity index (χ0n) is 13.9. The van der Waals surface area contributed by atoms with E-state index in [-0.39, 0.29) is 19.1 Å². The van der Waals surface area contributed by atoms with E-state index < -0.39 is 43.6 Å². The number of hydrogen-bond donors (Lipinski definition) is 6. The molecule has 0 radical (unpaired) electrons. The van der Waals surface area contributed by atoms with Gasteiger partial charge in [-0.05, 0) is 18.9 Å². The summed E-state index contributed by atoms with van der Waals surface area (Å²) >= 11 is 0. The van der Waals surface area contributed by atoms with Crippen LogP contribution in [0.4, 0.5) is 0 Å². The number of hydrogen-bond acceptors (Lipinski definition) is 9. The van der Waals surface area contributed by atoms with Crippen molar-refractivity contribution in [2.24, 2.45) is 5.92 Å². The third-order valence-electron chi connectivity index (χ3n) is 4.50. The largest absolute Gasteiger partial charge is 0.468 e. The van der Waals surface area contributed by atoms with E-state index in [1.165, 1.54) is 6.26 Å². The third-order valence-corrected chi connectivity index (χ3v) is 4.50. The molecule has 1 saturated heterocycles. The monoisotopic (exact) mass is 362 g/mol. The highest BCUT2D eigenvalue weighted by atomic mass is 16.8. The van der Waals surface area contributed by atoms with Crippen molar-refractivity contribution < 1.29 is 44.8 Å². The smallest absolute Gasteiger partial charge is 0.224 e. The molecule has 1 fully saturated rings. The Morgan fingerprint density at radius 1 is 1.12 bits per heavy atom. The summed E-state index contributed by atoms with van der Waals surface area (Å²) in [5.74, 6) is -0.302. The van der Waals surface area contributed by atoms with Crippen molar-refractivity contribution in [1.29, 1.82) is 0 Å². The number of aliphatic hydroxyl groups excluding tert-OH is 6. The number of ether oxygens (including phenoxy) is 3. The van der Waals surface area contributed by atoms with Crippen LogP contribution in [-0.4, -0.2) is 87.5 Å². The normalized spacial score (nSPS) is 40.7. The van der Waals surface area contributed by atoms with E-state index in [0.29, 0.717) is 17.6 Å². The predicted octanol–water partition coefficient (Wildman–Crippen LogP) is -2.02. The van der Waals surface area contributed by atoms with Gasteiger partial charge in [-0.15, -0.1) is 0 Å². The highest BCUT2D eigenvalue weighted by Gasteiger charge is 2.46. The summed E-state index contributed by atoms with van der Waals surface area (Å²) in [4.78, 5) is 0. The van der Waals surface area contributed by atoms with Crippen LogP contribution < -0.4 is 0 Å². The number of rotatable bonds is 6. The highest BCUT2D eigenvalue weighted by molar-refractivity contribution is 5.25. The van der Waals surface area contributed by atoms with Crippen molar-refractivity contribution >= 4 is 0 Å². The van der Waals surface area contributed by atoms with Crippen molar-refractivity contribution in [1.82, 2.24) is 0 Å². The standard InChI is InChI=1S/C16H26O9/c1-2-9-10(3-4-17)8(5-18)7-23-15(9)25-16-14(22)13(21)12(20)11(6-19)24-16/h2,7,10-22H,3-6H2,1H3/b9-2-/t10-,11-,12-,13+,14-,15+,16+/m1/s1. The molecule has 0 aliphatic carbocycles. The van der Waals surface area contributed by atoms with Gasteiger partial charge in [-0.25, -0.2) is 0 Å². The minimum atomic E-state index is -1.55. The van der Waals surface area contributed by atoms with Gasteiger partial charge in [0.1, 0.15) is 24.4 Å². The van der Waals surface area contributed by atoms with Gasteiger partial charge in [-0.2, -0.15) is 0 Å². The summed E-state index contributed by atoms with van der Waals surface area (Å²) in [6, 6.07) is 0. The molecular formula is C16H26O9. The lowest BCUT2D eigenvalue weighted by molar-refractivity contribution is -0.327. The summed E-state index contributed by atoms with van der Waals surface area (Å²) in [6.45, 7) is 0.836. The molecule has 0 aromatic carbocycles. The van der Waals surface area contributed by atoms with E-state index >= 15 is 0 Å². The van der Waals surface area contributed by atoms with Crippen molar-refractivity contribution in [2.75, 3.05) is 19.8 Å². The molecule has 9 nitrogen and oxygen atoms in total. The van der Waals surface area contributed by atoms with Gasteiger partial charge in [0.25, 0.3) is 0 Å².